The van der Waals surface area contributed by atoms with Crippen molar-refractivity contribution in [2.24, 2.45) is 0 Å². The van der Waals surface area contributed by atoms with E-state index in [-0.39, 0.29) is 17.0 Å². The number of nitrogens with zero attached hydrogens (tertiary/aromatic N) is 1. The van der Waals surface area contributed by atoms with Crippen molar-refractivity contribution in [2.75, 3.05) is 18.5 Å². The van der Waals surface area contributed by atoms with Crippen LogP contribution in [0.5, 0.6) is 0 Å². The lowest BCUT2D eigenvalue weighted by atomic mass is 9.67. The minimum Gasteiger partial charge on any atom is -0.376 e. The maximum Gasteiger partial charge on any atom is 0.319 e. The van der Waals surface area contributed by atoms with Gasteiger partial charge in [0.15, 0.2) is 0 Å². The number of amides is 2. The summed E-state index contributed by atoms with van der Waals surface area (Å²) in [6.45, 7) is 5.43. The van der Waals surface area contributed by atoms with Crippen LogP contribution in [-0.2, 0) is 10.2 Å². The minimum absolute atomic E-state index is 0.0449. The number of ether oxygens (including phenoxy) is 1. The quantitative estimate of drug-likeness (QED) is 0.825. The van der Waals surface area contributed by atoms with Crippen molar-refractivity contribution in [3.63, 3.8) is 0 Å². The number of pyridine rings is 1. The number of hydrogen-bond acceptors (Lipinski definition) is 3. The molecule has 1 saturated heterocycles. The molecule has 1 aliphatic heterocycles. The zero-order valence-corrected chi connectivity index (χ0v) is 15.8. The minimum atomic E-state index is -0.486. The van der Waals surface area contributed by atoms with Crippen LogP contribution in [0.1, 0.15) is 38.7 Å². The van der Waals surface area contributed by atoms with Gasteiger partial charge in [0.1, 0.15) is 5.82 Å². The molecule has 1 atom stereocenters. The van der Waals surface area contributed by atoms with E-state index in [4.69, 9.17) is 4.74 Å². The number of halogens is 1. The van der Waals surface area contributed by atoms with E-state index in [0.29, 0.717) is 18.8 Å². The molecule has 2 heterocycles. The number of rotatable bonds is 5. The summed E-state index contributed by atoms with van der Waals surface area (Å²) in [4.78, 5) is 15.9. The van der Waals surface area contributed by atoms with Crippen LogP contribution in [0.2, 0.25) is 0 Å². The Hall–Kier alpha value is -2.47. The predicted octanol–water partition coefficient (Wildman–Crippen LogP) is 4.26. The van der Waals surface area contributed by atoms with Gasteiger partial charge in [-0.05, 0) is 38.7 Å². The van der Waals surface area contributed by atoms with Gasteiger partial charge in [0.05, 0.1) is 23.7 Å². The van der Waals surface area contributed by atoms with Gasteiger partial charge in [-0.2, -0.15) is 0 Å². The van der Waals surface area contributed by atoms with E-state index >= 15 is 0 Å². The second kappa shape index (κ2) is 8.05. The van der Waals surface area contributed by atoms with Crippen LogP contribution in [0, 0.1) is 5.82 Å². The van der Waals surface area contributed by atoms with Crippen LogP contribution in [-0.4, -0.2) is 29.8 Å². The zero-order chi connectivity index (χ0) is 19.3. The van der Waals surface area contributed by atoms with Crippen molar-refractivity contribution in [3.05, 3.63) is 60.2 Å². The number of carbonyl (C=O) groups is 1. The van der Waals surface area contributed by atoms with E-state index in [0.717, 1.165) is 25.5 Å². The summed E-state index contributed by atoms with van der Waals surface area (Å²) < 4.78 is 19.1. The number of anilines is 1. The second-order valence-corrected chi connectivity index (χ2v) is 7.70. The van der Waals surface area contributed by atoms with Gasteiger partial charge in [-0.3, -0.25) is 4.98 Å². The number of urea groups is 1. The van der Waals surface area contributed by atoms with Crippen LogP contribution < -0.4 is 10.6 Å². The zero-order valence-electron chi connectivity index (χ0n) is 15.8. The maximum absolute atomic E-state index is 13.2. The summed E-state index contributed by atoms with van der Waals surface area (Å²) >= 11 is 0. The molecule has 0 spiro atoms. The van der Waals surface area contributed by atoms with Crippen molar-refractivity contribution in [2.45, 2.75) is 44.1 Å². The summed E-state index contributed by atoms with van der Waals surface area (Å²) in [5, 5.41) is 5.49. The molecule has 144 valence electrons. The van der Waals surface area contributed by atoms with Crippen molar-refractivity contribution < 1.29 is 13.9 Å². The molecule has 1 unspecified atom stereocenters. The molecule has 2 N–H and O–H groups in total. The highest BCUT2D eigenvalue weighted by Crippen LogP contribution is 2.43. The van der Waals surface area contributed by atoms with E-state index in [2.05, 4.69) is 53.7 Å². The number of aromatic nitrogens is 1. The SMILES string of the molecule is CC1(C)CC(CCNC(=O)Nc2cncc(F)c2)(c2ccccc2)CCO1. The molecule has 0 aliphatic carbocycles. The van der Waals surface area contributed by atoms with Gasteiger partial charge < -0.3 is 15.4 Å². The van der Waals surface area contributed by atoms with Gasteiger partial charge in [0.25, 0.3) is 0 Å². The summed E-state index contributed by atoms with van der Waals surface area (Å²) in [6.07, 6.45) is 5.12. The van der Waals surface area contributed by atoms with Gasteiger partial charge in [-0.15, -0.1) is 0 Å². The van der Waals surface area contributed by atoms with E-state index in [9.17, 15) is 9.18 Å². The molecular weight excluding hydrogens is 345 g/mol. The molecule has 5 nitrogen and oxygen atoms in total. The molecule has 2 amide bonds. The van der Waals surface area contributed by atoms with Crippen molar-refractivity contribution in [3.8, 4) is 0 Å². The van der Waals surface area contributed by atoms with Gasteiger partial charge >= 0.3 is 6.03 Å². The first-order valence-electron chi connectivity index (χ1n) is 9.24. The van der Waals surface area contributed by atoms with Crippen molar-refractivity contribution >= 4 is 11.7 Å². The van der Waals surface area contributed by atoms with Crippen LogP contribution in [0.3, 0.4) is 0 Å². The summed E-state index contributed by atoms with van der Waals surface area (Å²) in [5.74, 6) is -0.486. The Morgan fingerprint density at radius 1 is 1.26 bits per heavy atom. The number of carbonyl (C=O) groups excluding carboxylic acids is 1. The first kappa shape index (κ1) is 19.3. The third kappa shape index (κ3) is 5.04. The third-order valence-electron chi connectivity index (χ3n) is 5.08. The highest BCUT2D eigenvalue weighted by atomic mass is 19.1. The van der Waals surface area contributed by atoms with Crippen LogP contribution >= 0.6 is 0 Å². The largest absolute Gasteiger partial charge is 0.376 e. The molecule has 1 aliphatic rings. The Morgan fingerprint density at radius 3 is 2.74 bits per heavy atom. The monoisotopic (exact) mass is 371 g/mol. The van der Waals surface area contributed by atoms with Crippen molar-refractivity contribution in [1.29, 1.82) is 0 Å². The maximum atomic E-state index is 13.2. The molecule has 2 aromatic rings. The Labute approximate surface area is 159 Å². The molecule has 6 heteroatoms. The average molecular weight is 371 g/mol. The summed E-state index contributed by atoms with van der Waals surface area (Å²) in [6, 6.07) is 11.3. The molecular formula is C21H26FN3O2. The fraction of sp³-hybridized carbons (Fsp3) is 0.429. The fourth-order valence-electron chi connectivity index (χ4n) is 3.94. The van der Waals surface area contributed by atoms with E-state index in [1.165, 1.54) is 17.8 Å². The highest BCUT2D eigenvalue weighted by Gasteiger charge is 2.41. The number of hydrogen-bond donors (Lipinski definition) is 2. The Morgan fingerprint density at radius 2 is 2.04 bits per heavy atom. The smallest absolute Gasteiger partial charge is 0.319 e. The summed E-state index contributed by atoms with van der Waals surface area (Å²) in [5.41, 5.74) is 1.36. The van der Waals surface area contributed by atoms with Gasteiger partial charge in [0.2, 0.25) is 0 Å². The van der Waals surface area contributed by atoms with E-state index in [1.807, 2.05) is 6.07 Å². The van der Waals surface area contributed by atoms with Crippen molar-refractivity contribution in [1.82, 2.24) is 10.3 Å². The third-order valence-corrected chi connectivity index (χ3v) is 5.08. The Kier molecular flexibility index (Phi) is 5.75. The molecule has 3 rings (SSSR count). The Bertz CT molecular complexity index is 782. The molecule has 27 heavy (non-hydrogen) atoms. The number of nitrogens with one attached hydrogen (secondary N) is 2. The lowest BCUT2D eigenvalue weighted by molar-refractivity contribution is -0.0838. The molecule has 0 bridgehead atoms. The van der Waals surface area contributed by atoms with E-state index in [1.54, 1.807) is 0 Å². The molecule has 1 fully saturated rings. The summed E-state index contributed by atoms with van der Waals surface area (Å²) in [7, 11) is 0. The van der Waals surface area contributed by atoms with Gasteiger partial charge in [-0.25, -0.2) is 9.18 Å². The lowest BCUT2D eigenvalue weighted by Gasteiger charge is -2.45. The van der Waals surface area contributed by atoms with Crippen LogP contribution in [0.25, 0.3) is 0 Å². The van der Waals surface area contributed by atoms with Gasteiger partial charge in [-0.1, -0.05) is 30.3 Å². The van der Waals surface area contributed by atoms with E-state index < -0.39 is 5.82 Å². The molecule has 1 aromatic heterocycles. The standard InChI is InChI=1S/C21H26FN3O2/c1-20(2)15-21(9-11-27-20,16-6-4-3-5-7-16)8-10-24-19(26)25-18-12-17(22)13-23-14-18/h3-7,12-14H,8-11,15H2,1-2H3,(H2,24,25,26). The fourth-order valence-corrected chi connectivity index (χ4v) is 3.94. The first-order valence-corrected chi connectivity index (χ1v) is 9.24. The normalized spacial score (nSPS) is 21.4. The molecule has 1 aromatic carbocycles. The average Bonchev–Trinajstić information content (AvgIpc) is 2.61. The first-order chi connectivity index (χ1) is 12.9. The highest BCUT2D eigenvalue weighted by molar-refractivity contribution is 5.88. The van der Waals surface area contributed by atoms with Gasteiger partial charge in [0, 0.05) is 24.6 Å². The second-order valence-electron chi connectivity index (χ2n) is 7.70. The molecule has 0 saturated carbocycles. The lowest BCUT2D eigenvalue weighted by Crippen LogP contribution is -2.46. The van der Waals surface area contributed by atoms with Crippen LogP contribution in [0.4, 0.5) is 14.9 Å². The van der Waals surface area contributed by atoms with Crippen LogP contribution in [0.15, 0.2) is 48.8 Å². The number of benzene rings is 1. The molecule has 0 radical (unpaired) electrons. The predicted molar refractivity (Wildman–Crippen MR) is 103 cm³/mol. The Balaban J connectivity index is 1.64. The topological polar surface area (TPSA) is 63.2 Å².